The fraction of sp³-hybridized carbons (Fsp3) is 0.611. The number of hydrogen-bond donors (Lipinski definition) is 1. The number of carbonyl (C=O) groups excluding carboxylic acids is 1. The number of halogens is 1. The van der Waals surface area contributed by atoms with Crippen LogP contribution in [0.4, 0.5) is 4.79 Å². The van der Waals surface area contributed by atoms with Crippen molar-refractivity contribution < 1.29 is 19.5 Å². The van der Waals surface area contributed by atoms with E-state index in [0.29, 0.717) is 0 Å². The molecule has 4 unspecified atom stereocenters. The third-order valence-electron chi connectivity index (χ3n) is 4.68. The molecule has 0 amide bonds. The predicted molar refractivity (Wildman–Crippen MR) is 93.5 cm³/mol. The highest BCUT2D eigenvalue weighted by Crippen LogP contribution is 2.43. The number of hydroxylamine groups is 2. The van der Waals surface area contributed by atoms with Gasteiger partial charge in [0, 0.05) is 16.4 Å². The molecule has 2 bridgehead atoms. The molecule has 5 nitrogen and oxygen atoms in total. The van der Waals surface area contributed by atoms with E-state index in [0.717, 1.165) is 29.3 Å². The van der Waals surface area contributed by atoms with E-state index >= 15 is 0 Å². The molecule has 2 heterocycles. The van der Waals surface area contributed by atoms with Gasteiger partial charge in [-0.05, 0) is 57.7 Å². The van der Waals surface area contributed by atoms with Gasteiger partial charge in [0.05, 0.1) is 12.1 Å². The molecule has 0 saturated carbocycles. The number of fused-ring (bicyclic) bond motifs is 2. The minimum Gasteiger partial charge on any atom is -0.427 e. The zero-order valence-corrected chi connectivity index (χ0v) is 15.8. The normalized spacial score (nSPS) is 30.2. The van der Waals surface area contributed by atoms with Crippen LogP contribution in [0.1, 0.15) is 51.5 Å². The molecule has 4 atom stereocenters. The molecular formula is C18H24BrNO4. The van der Waals surface area contributed by atoms with E-state index in [1.54, 1.807) is 25.8 Å². The van der Waals surface area contributed by atoms with Crippen molar-refractivity contribution in [3.8, 4) is 0 Å². The molecular weight excluding hydrogens is 374 g/mol. The molecule has 1 aromatic carbocycles. The van der Waals surface area contributed by atoms with Crippen LogP contribution in [0.3, 0.4) is 0 Å². The van der Waals surface area contributed by atoms with Crippen LogP contribution in [0, 0.1) is 0 Å². The highest BCUT2D eigenvalue weighted by Gasteiger charge is 2.49. The fourth-order valence-corrected chi connectivity index (χ4v) is 3.94. The van der Waals surface area contributed by atoms with Crippen molar-refractivity contribution in [2.75, 3.05) is 0 Å². The van der Waals surface area contributed by atoms with Crippen LogP contribution >= 0.6 is 15.9 Å². The number of hydrogen-bond acceptors (Lipinski definition) is 5. The topological polar surface area (TPSA) is 59.0 Å². The van der Waals surface area contributed by atoms with Gasteiger partial charge in [-0.25, -0.2) is 4.79 Å². The molecule has 0 aromatic heterocycles. The van der Waals surface area contributed by atoms with Crippen molar-refractivity contribution in [2.45, 2.75) is 69.7 Å². The lowest BCUT2D eigenvalue weighted by Crippen LogP contribution is -2.51. The molecule has 1 N–H and O–H groups in total. The number of nitrogens with zero attached hydrogens (tertiary/aromatic N) is 1. The van der Waals surface area contributed by atoms with Crippen molar-refractivity contribution >= 4 is 22.1 Å². The first kappa shape index (κ1) is 17.7. The second-order valence-corrected chi connectivity index (χ2v) is 8.51. The predicted octanol–water partition coefficient (Wildman–Crippen LogP) is 4.00. The van der Waals surface area contributed by atoms with Crippen molar-refractivity contribution in [2.24, 2.45) is 0 Å². The van der Waals surface area contributed by atoms with Crippen molar-refractivity contribution in [1.29, 1.82) is 0 Å². The lowest BCUT2D eigenvalue weighted by atomic mass is 9.83. The van der Waals surface area contributed by atoms with Crippen LogP contribution in [-0.4, -0.2) is 40.1 Å². The number of benzene rings is 1. The summed E-state index contributed by atoms with van der Waals surface area (Å²) in [7, 11) is 0. The van der Waals surface area contributed by atoms with Crippen LogP contribution in [0.15, 0.2) is 28.7 Å². The number of rotatable bonds is 2. The smallest absolute Gasteiger partial charge is 0.427 e. The molecule has 132 valence electrons. The maximum atomic E-state index is 12.0. The Bertz CT molecular complexity index is 598. The third-order valence-corrected chi connectivity index (χ3v) is 5.21. The fourth-order valence-electron chi connectivity index (χ4n) is 3.67. The van der Waals surface area contributed by atoms with Crippen LogP contribution in [0.5, 0.6) is 0 Å². The van der Waals surface area contributed by atoms with Gasteiger partial charge < -0.3 is 14.7 Å². The second-order valence-electron chi connectivity index (χ2n) is 7.60. The molecule has 2 fully saturated rings. The van der Waals surface area contributed by atoms with Gasteiger partial charge in [0.2, 0.25) is 0 Å². The summed E-state index contributed by atoms with van der Waals surface area (Å²) in [6, 6.07) is 8.02. The Kier molecular flexibility index (Phi) is 4.91. The minimum atomic E-state index is -0.700. The Morgan fingerprint density at radius 1 is 1.25 bits per heavy atom. The van der Waals surface area contributed by atoms with Crippen molar-refractivity contribution in [3.05, 3.63) is 34.3 Å². The van der Waals surface area contributed by atoms with E-state index in [9.17, 15) is 9.90 Å². The summed E-state index contributed by atoms with van der Waals surface area (Å²) in [5.74, 6) is 0.0640. The van der Waals surface area contributed by atoms with Gasteiger partial charge in [0.15, 0.2) is 0 Å². The number of aliphatic hydroxyl groups excluding tert-OH is 1. The number of carbonyl (C=O) groups is 1. The highest BCUT2D eigenvalue weighted by molar-refractivity contribution is 9.10. The van der Waals surface area contributed by atoms with Gasteiger partial charge in [-0.3, -0.25) is 0 Å². The zero-order chi connectivity index (χ0) is 17.5. The first-order valence-electron chi connectivity index (χ1n) is 8.37. The Balaban J connectivity index is 1.70. The van der Waals surface area contributed by atoms with E-state index in [1.165, 1.54) is 0 Å². The molecule has 0 spiro atoms. The average Bonchev–Trinajstić information content (AvgIpc) is 2.76. The lowest BCUT2D eigenvalue weighted by Gasteiger charge is -2.40. The van der Waals surface area contributed by atoms with Gasteiger partial charge in [-0.1, -0.05) is 28.1 Å². The van der Waals surface area contributed by atoms with Gasteiger partial charge in [-0.15, -0.1) is 5.06 Å². The Labute approximate surface area is 151 Å². The summed E-state index contributed by atoms with van der Waals surface area (Å²) in [4.78, 5) is 17.4. The largest absolute Gasteiger partial charge is 0.528 e. The zero-order valence-electron chi connectivity index (χ0n) is 14.2. The van der Waals surface area contributed by atoms with Crippen LogP contribution < -0.4 is 0 Å². The van der Waals surface area contributed by atoms with E-state index < -0.39 is 17.9 Å². The van der Waals surface area contributed by atoms with Crippen molar-refractivity contribution in [3.63, 3.8) is 0 Å². The van der Waals surface area contributed by atoms with E-state index in [-0.39, 0.29) is 18.0 Å². The summed E-state index contributed by atoms with van der Waals surface area (Å²) in [6.07, 6.45) is 1.24. The first-order valence-corrected chi connectivity index (χ1v) is 9.17. The Hall–Kier alpha value is -1.11. The summed E-state index contributed by atoms with van der Waals surface area (Å²) >= 11 is 3.44. The maximum absolute atomic E-state index is 12.0. The third kappa shape index (κ3) is 3.76. The monoisotopic (exact) mass is 397 g/mol. The van der Waals surface area contributed by atoms with Crippen LogP contribution in [0.2, 0.25) is 0 Å². The first-order chi connectivity index (χ1) is 11.2. The SMILES string of the molecule is CC(C)(C)OC(=O)ON1C2CCC1C(O)C(c1ccc(Br)cc1)C2. The average molecular weight is 398 g/mol. The van der Waals surface area contributed by atoms with Gasteiger partial charge in [0.25, 0.3) is 0 Å². The summed E-state index contributed by atoms with van der Waals surface area (Å²) in [5.41, 5.74) is 0.532. The quantitative estimate of drug-likeness (QED) is 0.764. The number of piperidine rings is 1. The number of ether oxygens (including phenoxy) is 1. The van der Waals surface area contributed by atoms with Crippen LogP contribution in [0.25, 0.3) is 0 Å². The lowest BCUT2D eigenvalue weighted by molar-refractivity contribution is -0.206. The molecule has 6 heteroatoms. The van der Waals surface area contributed by atoms with E-state index in [2.05, 4.69) is 15.9 Å². The molecule has 24 heavy (non-hydrogen) atoms. The Morgan fingerprint density at radius 3 is 2.54 bits per heavy atom. The standard InChI is InChI=1S/C18H24BrNO4/c1-18(2,3)23-17(22)24-20-13-8-9-15(20)16(21)14(10-13)11-4-6-12(19)7-5-11/h4-7,13-16,21H,8-10H2,1-3H3. The van der Waals surface area contributed by atoms with E-state index in [4.69, 9.17) is 9.57 Å². The minimum absolute atomic E-state index is 0.0640. The molecule has 2 aliphatic heterocycles. The maximum Gasteiger partial charge on any atom is 0.528 e. The summed E-state index contributed by atoms with van der Waals surface area (Å²) in [5, 5.41) is 12.5. The van der Waals surface area contributed by atoms with Gasteiger partial charge >= 0.3 is 6.16 Å². The molecule has 3 rings (SSSR count). The van der Waals surface area contributed by atoms with E-state index in [1.807, 2.05) is 24.3 Å². The highest BCUT2D eigenvalue weighted by atomic mass is 79.9. The van der Waals surface area contributed by atoms with Gasteiger partial charge in [0.1, 0.15) is 5.60 Å². The molecule has 1 aromatic rings. The summed E-state index contributed by atoms with van der Waals surface area (Å²) < 4.78 is 6.26. The number of aliphatic hydroxyl groups is 1. The Morgan fingerprint density at radius 2 is 1.92 bits per heavy atom. The molecule has 2 aliphatic rings. The molecule has 0 aliphatic carbocycles. The molecule has 2 saturated heterocycles. The summed E-state index contributed by atoms with van der Waals surface area (Å²) in [6.45, 7) is 5.41. The molecule has 0 radical (unpaired) electrons. The van der Waals surface area contributed by atoms with Crippen LogP contribution in [-0.2, 0) is 9.57 Å². The van der Waals surface area contributed by atoms with Crippen molar-refractivity contribution in [1.82, 2.24) is 5.06 Å². The second kappa shape index (κ2) is 6.65. The van der Waals surface area contributed by atoms with Gasteiger partial charge in [-0.2, -0.15) is 0 Å².